The van der Waals surface area contributed by atoms with Crippen molar-refractivity contribution in [2.24, 2.45) is 39.4 Å². The zero-order valence-electron chi connectivity index (χ0n) is 42.1. The second-order valence-electron chi connectivity index (χ2n) is 17.6. The van der Waals surface area contributed by atoms with E-state index in [0.29, 0.717) is 50.6 Å². The second kappa shape index (κ2) is 33.3. The van der Waals surface area contributed by atoms with Crippen LogP contribution in [-0.4, -0.2) is 177 Å². The summed E-state index contributed by atoms with van der Waals surface area (Å²) >= 11 is 0. The minimum atomic E-state index is -5.08. The zero-order chi connectivity index (χ0) is 59.5. The molecule has 78 heavy (non-hydrogen) atoms. The molecule has 3 rings (SSSR count). The lowest BCUT2D eigenvalue weighted by molar-refractivity contribution is -0.193. The second-order valence-corrected chi connectivity index (χ2v) is 17.6. The summed E-state index contributed by atoms with van der Waals surface area (Å²) in [5.74, 6) is -12.8. The number of carbonyl (C=O) groups excluding carboxylic acids is 8. The largest absolute Gasteiger partial charge is 0.490 e. The lowest BCUT2D eigenvalue weighted by Gasteiger charge is -2.32. The minimum Gasteiger partial charge on any atom is -0.480 e. The van der Waals surface area contributed by atoms with Crippen LogP contribution in [0.5, 0.6) is 0 Å². The van der Waals surface area contributed by atoms with Crippen LogP contribution in [0.1, 0.15) is 89.0 Å². The van der Waals surface area contributed by atoms with E-state index in [1.54, 1.807) is 30.3 Å². The van der Waals surface area contributed by atoms with E-state index in [9.17, 15) is 74.6 Å². The number of amides is 8. The number of carbonyl (C=O) groups is 11. The molecular weight excluding hydrogens is 1060 g/mol. The van der Waals surface area contributed by atoms with Gasteiger partial charge in [-0.2, -0.15) is 26.3 Å². The Morgan fingerprint density at radius 2 is 1.04 bits per heavy atom. The predicted molar refractivity (Wildman–Crippen MR) is 260 cm³/mol. The molecule has 27 nitrogen and oxygen atoms in total. The molecular formula is C45H67F6N13O14. The van der Waals surface area contributed by atoms with Crippen LogP contribution in [0.25, 0.3) is 0 Å². The first-order valence-corrected chi connectivity index (χ1v) is 24.1. The van der Waals surface area contributed by atoms with Gasteiger partial charge in [-0.15, -0.1) is 0 Å². The third-order valence-corrected chi connectivity index (χ3v) is 11.5. The summed E-state index contributed by atoms with van der Waals surface area (Å²) < 4.78 is 63.5. The number of hydrogen-bond acceptors (Lipinski definition) is 14. The normalized spacial score (nSPS) is 16.9. The highest BCUT2D eigenvalue weighted by molar-refractivity contribution is 5.98. The molecule has 2 fully saturated rings. The summed E-state index contributed by atoms with van der Waals surface area (Å²) in [7, 11) is 0. The Hall–Kier alpha value is -7.84. The van der Waals surface area contributed by atoms with Crippen molar-refractivity contribution in [3.63, 3.8) is 0 Å². The highest BCUT2D eigenvalue weighted by Crippen LogP contribution is 2.23. The molecule has 2 aliphatic rings. The fraction of sp³-hybridized carbons (Fsp3) is 0.600. The number of unbranched alkanes of at least 4 members (excludes halogenated alkanes) is 1. The summed E-state index contributed by atoms with van der Waals surface area (Å²) in [4.78, 5) is 143. The topological polar surface area (TPSA) is 472 Å². The summed E-state index contributed by atoms with van der Waals surface area (Å²) in [6, 6.07) is 0.0622. The van der Waals surface area contributed by atoms with Crippen molar-refractivity contribution in [3.05, 3.63) is 35.9 Å². The Balaban J connectivity index is 0.00000190. The maximum Gasteiger partial charge on any atom is 0.490 e. The van der Waals surface area contributed by atoms with Gasteiger partial charge in [-0.3, -0.25) is 43.3 Å². The number of carboxylic acids is 3. The van der Waals surface area contributed by atoms with E-state index in [4.69, 9.17) is 54.2 Å². The van der Waals surface area contributed by atoms with Gasteiger partial charge in [-0.25, -0.2) is 14.4 Å². The molecule has 0 spiro atoms. The maximum atomic E-state index is 14.3. The Morgan fingerprint density at radius 3 is 1.46 bits per heavy atom. The lowest BCUT2D eigenvalue weighted by Crippen LogP contribution is -2.59. The van der Waals surface area contributed by atoms with Crippen LogP contribution in [0.3, 0.4) is 0 Å². The van der Waals surface area contributed by atoms with Gasteiger partial charge in [0, 0.05) is 38.9 Å². The average Bonchev–Trinajstić information content (AvgIpc) is 4.06. The number of benzene rings is 1. The smallest absolute Gasteiger partial charge is 0.480 e. The van der Waals surface area contributed by atoms with Crippen LogP contribution in [0.4, 0.5) is 26.3 Å². The third kappa shape index (κ3) is 25.3. The van der Waals surface area contributed by atoms with E-state index in [-0.39, 0.29) is 77.0 Å². The number of likely N-dealkylation sites (tertiary alicyclic amines) is 2. The van der Waals surface area contributed by atoms with E-state index in [2.05, 4.69) is 26.3 Å². The predicted octanol–water partition coefficient (Wildman–Crippen LogP) is -2.46. The first kappa shape index (κ1) is 68.2. The minimum absolute atomic E-state index is 0.0828. The lowest BCUT2D eigenvalue weighted by atomic mass is 10.0. The number of nitrogens with one attached hydrogen (secondary N) is 4. The van der Waals surface area contributed by atoms with Gasteiger partial charge in [0.2, 0.25) is 47.3 Å². The van der Waals surface area contributed by atoms with Gasteiger partial charge in [-0.05, 0) is 82.7 Å². The Morgan fingerprint density at radius 1 is 0.603 bits per heavy atom. The molecule has 0 radical (unpaired) electrons. The number of nitrogens with two attached hydrogens (primary N) is 6. The Labute approximate surface area is 441 Å². The molecule has 2 saturated heterocycles. The molecule has 0 aliphatic carbocycles. The SMILES string of the molecule is NCCCCC(NC(=O)C1CCCN1C(=O)C(N)CCCN=C(N)N)C(=O)N1CCCC1C(=O)NC(CCC(N)=O)C(=O)NC(CCC(N)=O)C(=O)NC(Cc1ccccc1)C(=O)O.O=C(O)C(F)(F)F.O=C(O)C(F)(F)F. The van der Waals surface area contributed by atoms with E-state index in [1.165, 1.54) is 9.80 Å². The monoisotopic (exact) mass is 1130 g/mol. The number of halogens is 6. The molecule has 1 aromatic rings. The number of hydrogen-bond donors (Lipinski definition) is 13. The van der Waals surface area contributed by atoms with Gasteiger partial charge in [-0.1, -0.05) is 30.3 Å². The number of rotatable bonds is 27. The summed E-state index contributed by atoms with van der Waals surface area (Å²) in [6.07, 6.45) is -8.36. The molecule has 0 bridgehead atoms. The molecule has 438 valence electrons. The van der Waals surface area contributed by atoms with Crippen molar-refractivity contribution < 1.29 is 94.4 Å². The fourth-order valence-electron chi connectivity index (χ4n) is 7.65. The van der Waals surface area contributed by atoms with Gasteiger partial charge in [0.25, 0.3) is 0 Å². The molecule has 7 atom stereocenters. The molecule has 2 heterocycles. The highest BCUT2D eigenvalue weighted by atomic mass is 19.4. The van der Waals surface area contributed by atoms with Gasteiger partial charge in [0.15, 0.2) is 5.96 Å². The van der Waals surface area contributed by atoms with Crippen molar-refractivity contribution in [2.45, 2.75) is 145 Å². The van der Waals surface area contributed by atoms with Gasteiger partial charge in [0.1, 0.15) is 36.3 Å². The molecule has 7 unspecified atom stereocenters. The number of guanidine groups is 1. The van der Waals surface area contributed by atoms with E-state index in [0.717, 1.165) is 0 Å². The van der Waals surface area contributed by atoms with Crippen LogP contribution in [0.15, 0.2) is 35.3 Å². The van der Waals surface area contributed by atoms with Crippen molar-refractivity contribution in [1.82, 2.24) is 31.1 Å². The first-order chi connectivity index (χ1) is 36.3. The number of aliphatic carboxylic acids is 3. The number of alkyl halides is 6. The van der Waals surface area contributed by atoms with Crippen LogP contribution < -0.4 is 55.7 Å². The third-order valence-electron chi connectivity index (χ3n) is 11.5. The van der Waals surface area contributed by atoms with E-state index < -0.39 is 120 Å². The van der Waals surface area contributed by atoms with Crippen LogP contribution in [0, 0.1) is 0 Å². The maximum absolute atomic E-state index is 14.3. The van der Waals surface area contributed by atoms with Crippen molar-refractivity contribution >= 4 is 71.1 Å². The van der Waals surface area contributed by atoms with Crippen molar-refractivity contribution in [2.75, 3.05) is 26.2 Å². The van der Waals surface area contributed by atoms with Gasteiger partial charge >= 0.3 is 30.3 Å². The number of carboxylic acid groups (broad SMARTS) is 3. The molecule has 0 saturated carbocycles. The first-order valence-electron chi connectivity index (χ1n) is 24.1. The van der Waals surface area contributed by atoms with E-state index >= 15 is 0 Å². The van der Waals surface area contributed by atoms with Gasteiger partial charge in [0.05, 0.1) is 6.04 Å². The fourth-order valence-corrected chi connectivity index (χ4v) is 7.65. The quantitative estimate of drug-likeness (QED) is 0.0188. The standard InChI is InChI=1S/C41H65N13O10.2C2HF3O2/c42-19-5-4-12-28(51-37(60)30-13-7-21-53(30)38(61)25(43)11-6-20-48-41(46)47)39(62)54-22-8-14-31(54)36(59)50-27(16-18-33(45)56)34(57)49-26(15-17-32(44)55)35(58)52-29(40(63)64)23-24-9-2-1-3-10-24;2*3-2(4,5)1(6)7/h1-3,9-10,25-31H,4-8,11-23,42-43H2,(H2,44,55)(H2,45,56)(H,49,57)(H,50,59)(H,51,60)(H,52,58)(H,63,64)(H4,46,47,48);2*(H,6,7). The Bertz CT molecular complexity index is 2230. The average molecular weight is 1130 g/mol. The summed E-state index contributed by atoms with van der Waals surface area (Å²) in [5, 5.41) is 34.4. The van der Waals surface area contributed by atoms with E-state index in [1.807, 2.05) is 0 Å². The molecule has 0 aromatic heterocycles. The van der Waals surface area contributed by atoms with Crippen LogP contribution in [-0.2, 0) is 59.2 Å². The zero-order valence-corrected chi connectivity index (χ0v) is 42.1. The number of nitrogens with zero attached hydrogens (tertiary/aromatic N) is 3. The molecule has 1 aromatic carbocycles. The molecule has 33 heteroatoms. The molecule has 8 amide bonds. The van der Waals surface area contributed by atoms with Crippen LogP contribution >= 0.6 is 0 Å². The Kier molecular flexibility index (Phi) is 29.1. The summed E-state index contributed by atoms with van der Waals surface area (Å²) in [5.41, 5.74) is 34.0. The number of primary amides is 2. The number of aliphatic imine (C=N–C) groups is 1. The summed E-state index contributed by atoms with van der Waals surface area (Å²) in [6.45, 7) is 1.02. The molecule has 2 aliphatic heterocycles. The van der Waals surface area contributed by atoms with Crippen LogP contribution in [0.2, 0.25) is 0 Å². The highest BCUT2D eigenvalue weighted by Gasteiger charge is 2.43. The van der Waals surface area contributed by atoms with Crippen molar-refractivity contribution in [1.29, 1.82) is 0 Å². The molecule has 19 N–H and O–H groups in total. The van der Waals surface area contributed by atoms with Gasteiger partial charge < -0.3 is 80.8 Å². The van der Waals surface area contributed by atoms with Crippen molar-refractivity contribution in [3.8, 4) is 0 Å².